The molecular weight excluding hydrogens is 490 g/mol. The maximum Gasteiger partial charge on any atom is 0.338 e. The van der Waals surface area contributed by atoms with Gasteiger partial charge in [0.05, 0.1) is 38.0 Å². The summed E-state index contributed by atoms with van der Waals surface area (Å²) in [6, 6.07) is 22.1. The summed E-state index contributed by atoms with van der Waals surface area (Å²) < 4.78 is 21.3. The number of carbonyl (C=O) groups excluding carboxylic acids is 3. The van der Waals surface area contributed by atoms with Gasteiger partial charge in [-0.15, -0.1) is 0 Å². The Kier molecular flexibility index (Phi) is 10.1. The lowest BCUT2D eigenvalue weighted by Crippen LogP contribution is -2.35. The third kappa shape index (κ3) is 7.48. The van der Waals surface area contributed by atoms with Crippen molar-refractivity contribution in [1.29, 1.82) is 5.26 Å². The number of hydrogen-bond donors (Lipinski definition) is 1. The lowest BCUT2D eigenvalue weighted by atomic mass is 10.2. The number of hydrogen-bond acceptors (Lipinski definition) is 8. The summed E-state index contributed by atoms with van der Waals surface area (Å²) in [5.74, 6) is -0.675. The molecule has 196 valence electrons. The van der Waals surface area contributed by atoms with Crippen LogP contribution < -0.4 is 24.4 Å². The molecule has 3 aromatic carbocycles. The second-order valence-electron chi connectivity index (χ2n) is 7.77. The van der Waals surface area contributed by atoms with E-state index in [1.165, 1.54) is 37.3 Å². The highest BCUT2D eigenvalue weighted by molar-refractivity contribution is 5.97. The van der Waals surface area contributed by atoms with Crippen LogP contribution in [-0.4, -0.2) is 51.8 Å². The number of para-hydroxylation sites is 3. The Balaban J connectivity index is 1.59. The van der Waals surface area contributed by atoms with Gasteiger partial charge in [0.2, 0.25) is 0 Å². The fourth-order valence-corrected chi connectivity index (χ4v) is 3.45. The topological polar surface area (TPSA) is 127 Å². The molecule has 10 nitrogen and oxygen atoms in total. The molecule has 10 heteroatoms. The molecule has 0 aromatic heterocycles. The highest BCUT2D eigenvalue weighted by atomic mass is 16.5. The van der Waals surface area contributed by atoms with Gasteiger partial charge in [-0.05, 0) is 42.5 Å². The van der Waals surface area contributed by atoms with Crippen molar-refractivity contribution in [2.45, 2.75) is 6.42 Å². The number of amides is 2. The Morgan fingerprint density at radius 3 is 2.29 bits per heavy atom. The molecule has 3 aromatic rings. The van der Waals surface area contributed by atoms with Crippen LogP contribution in [0.3, 0.4) is 0 Å². The molecule has 0 aliphatic rings. The van der Waals surface area contributed by atoms with Crippen molar-refractivity contribution in [2.24, 2.45) is 0 Å². The van der Waals surface area contributed by atoms with Crippen molar-refractivity contribution >= 4 is 29.2 Å². The summed E-state index contributed by atoms with van der Waals surface area (Å²) in [6.07, 6.45) is 0.129. The Labute approximate surface area is 220 Å². The van der Waals surface area contributed by atoms with E-state index >= 15 is 0 Å². The number of nitriles is 1. The number of nitrogens with zero attached hydrogens (tertiary/aromatic N) is 2. The van der Waals surface area contributed by atoms with Crippen LogP contribution in [0.2, 0.25) is 0 Å². The van der Waals surface area contributed by atoms with E-state index in [4.69, 9.17) is 24.2 Å². The third-order valence-corrected chi connectivity index (χ3v) is 5.28. The van der Waals surface area contributed by atoms with Crippen LogP contribution in [0.4, 0.5) is 11.4 Å². The van der Waals surface area contributed by atoms with Crippen molar-refractivity contribution in [3.05, 3.63) is 78.4 Å². The van der Waals surface area contributed by atoms with Gasteiger partial charge < -0.3 is 29.2 Å². The van der Waals surface area contributed by atoms with Gasteiger partial charge in [0.1, 0.15) is 5.75 Å². The van der Waals surface area contributed by atoms with Gasteiger partial charge in [-0.2, -0.15) is 5.26 Å². The van der Waals surface area contributed by atoms with Crippen LogP contribution in [0.25, 0.3) is 0 Å². The molecular formula is C28H27N3O7. The Bertz CT molecular complexity index is 1310. The number of carbonyl (C=O) groups is 3. The van der Waals surface area contributed by atoms with Crippen molar-refractivity contribution < 1.29 is 33.3 Å². The van der Waals surface area contributed by atoms with Gasteiger partial charge in [-0.3, -0.25) is 9.59 Å². The maximum atomic E-state index is 12.7. The minimum absolute atomic E-state index is 0.128. The zero-order valence-corrected chi connectivity index (χ0v) is 21.0. The number of methoxy groups -OCH3 is 2. The molecule has 0 heterocycles. The Morgan fingerprint density at radius 2 is 1.58 bits per heavy atom. The monoisotopic (exact) mass is 517 g/mol. The zero-order valence-electron chi connectivity index (χ0n) is 21.0. The highest BCUT2D eigenvalue weighted by Crippen LogP contribution is 2.29. The smallest absolute Gasteiger partial charge is 0.338 e. The van der Waals surface area contributed by atoms with Gasteiger partial charge in [-0.25, -0.2) is 4.79 Å². The molecule has 0 radical (unpaired) electrons. The van der Waals surface area contributed by atoms with Crippen molar-refractivity contribution in [1.82, 2.24) is 0 Å². The lowest BCUT2D eigenvalue weighted by Gasteiger charge is -2.21. The van der Waals surface area contributed by atoms with Gasteiger partial charge in [-0.1, -0.05) is 30.3 Å². The predicted octanol–water partition coefficient (Wildman–Crippen LogP) is 3.82. The third-order valence-electron chi connectivity index (χ3n) is 5.28. The van der Waals surface area contributed by atoms with E-state index in [-0.39, 0.29) is 36.6 Å². The number of nitrogens with one attached hydrogen (secondary N) is 1. The van der Waals surface area contributed by atoms with E-state index in [1.807, 2.05) is 12.1 Å². The normalized spacial score (nSPS) is 10.0. The molecule has 3 rings (SSSR count). The van der Waals surface area contributed by atoms with E-state index < -0.39 is 24.4 Å². The quantitative estimate of drug-likeness (QED) is 0.359. The van der Waals surface area contributed by atoms with E-state index in [2.05, 4.69) is 5.32 Å². The average Bonchev–Trinajstić information content (AvgIpc) is 2.95. The summed E-state index contributed by atoms with van der Waals surface area (Å²) in [7, 11) is 2.89. The minimum Gasteiger partial charge on any atom is -0.495 e. The summed E-state index contributed by atoms with van der Waals surface area (Å²) in [5, 5.41) is 11.6. The molecule has 2 amide bonds. The molecule has 0 saturated heterocycles. The van der Waals surface area contributed by atoms with E-state index in [1.54, 1.807) is 48.5 Å². The molecule has 0 atom stereocenters. The molecule has 0 saturated carbocycles. The number of anilines is 2. The molecule has 0 aliphatic carbocycles. The molecule has 38 heavy (non-hydrogen) atoms. The second kappa shape index (κ2) is 13.9. The van der Waals surface area contributed by atoms with Crippen molar-refractivity contribution in [3.63, 3.8) is 0 Å². The molecule has 0 fully saturated rings. The zero-order chi connectivity index (χ0) is 27.3. The number of ether oxygens (including phenoxy) is 4. The first-order valence-corrected chi connectivity index (χ1v) is 11.6. The van der Waals surface area contributed by atoms with Crippen LogP contribution in [0.1, 0.15) is 16.8 Å². The fourth-order valence-electron chi connectivity index (χ4n) is 3.45. The van der Waals surface area contributed by atoms with E-state index in [0.717, 1.165) is 0 Å². The first-order valence-electron chi connectivity index (χ1n) is 11.6. The van der Waals surface area contributed by atoms with Crippen LogP contribution in [0, 0.1) is 11.3 Å². The van der Waals surface area contributed by atoms with Crippen LogP contribution >= 0.6 is 0 Å². The first-order chi connectivity index (χ1) is 18.5. The number of benzene rings is 3. The fraction of sp³-hybridized carbons (Fsp3) is 0.214. The first kappa shape index (κ1) is 27.5. The van der Waals surface area contributed by atoms with Gasteiger partial charge in [0.25, 0.3) is 11.8 Å². The van der Waals surface area contributed by atoms with E-state index in [9.17, 15) is 14.4 Å². The molecule has 0 bridgehead atoms. The van der Waals surface area contributed by atoms with E-state index in [0.29, 0.717) is 17.1 Å². The largest absolute Gasteiger partial charge is 0.495 e. The predicted molar refractivity (Wildman–Crippen MR) is 139 cm³/mol. The van der Waals surface area contributed by atoms with Gasteiger partial charge in [0, 0.05) is 12.2 Å². The molecule has 0 unspecified atom stereocenters. The number of esters is 1. The lowest BCUT2D eigenvalue weighted by molar-refractivity contribution is -0.121. The van der Waals surface area contributed by atoms with Gasteiger partial charge >= 0.3 is 5.97 Å². The van der Waals surface area contributed by atoms with Crippen LogP contribution in [-0.2, 0) is 14.3 Å². The molecule has 0 spiro atoms. The average molecular weight is 518 g/mol. The maximum absolute atomic E-state index is 12.7. The minimum atomic E-state index is -0.745. The molecule has 0 aliphatic heterocycles. The van der Waals surface area contributed by atoms with Crippen molar-refractivity contribution in [2.75, 3.05) is 44.2 Å². The SMILES string of the molecule is COc1ccccc1NC(=O)COc1ccc(C(=O)OCC(=O)N(CCC#N)c2ccccc2)cc1OC. The Hall–Kier alpha value is -5.04. The van der Waals surface area contributed by atoms with Crippen molar-refractivity contribution in [3.8, 4) is 23.3 Å². The Morgan fingerprint density at radius 1 is 0.868 bits per heavy atom. The van der Waals surface area contributed by atoms with Gasteiger partial charge in [0.15, 0.2) is 24.7 Å². The van der Waals surface area contributed by atoms with Crippen LogP contribution in [0.15, 0.2) is 72.8 Å². The summed E-state index contributed by atoms with van der Waals surface area (Å²) in [4.78, 5) is 39.1. The second-order valence-corrected chi connectivity index (χ2v) is 7.77. The summed E-state index contributed by atoms with van der Waals surface area (Å²) in [5.41, 5.74) is 1.23. The highest BCUT2D eigenvalue weighted by Gasteiger charge is 2.19. The summed E-state index contributed by atoms with van der Waals surface area (Å²) >= 11 is 0. The molecule has 1 N–H and O–H groups in total. The summed E-state index contributed by atoms with van der Waals surface area (Å²) in [6.45, 7) is -0.658. The van der Waals surface area contributed by atoms with Crippen LogP contribution in [0.5, 0.6) is 17.2 Å². The standard InChI is InChI=1S/C28H27N3O7/c1-35-23-12-7-6-11-22(23)30-26(32)18-37-24-14-13-20(17-25(24)36-2)28(34)38-19-27(33)31(16-8-15-29)21-9-4-3-5-10-21/h3-7,9-14,17H,8,16,18-19H2,1-2H3,(H,30,32). The number of rotatable bonds is 12.